The molecule has 0 heterocycles. The molecule has 0 radical (unpaired) electrons. The summed E-state index contributed by atoms with van der Waals surface area (Å²) in [5.41, 5.74) is 5.60. The van der Waals surface area contributed by atoms with Crippen molar-refractivity contribution in [3.05, 3.63) is 65.2 Å². The van der Waals surface area contributed by atoms with Gasteiger partial charge in [0.1, 0.15) is 0 Å². The zero-order chi connectivity index (χ0) is 14.4. The van der Waals surface area contributed by atoms with Gasteiger partial charge in [-0.05, 0) is 49.0 Å². The second-order valence-electron chi connectivity index (χ2n) is 4.14. The molecule has 0 aliphatic heterocycles. The lowest BCUT2D eigenvalue weighted by Crippen LogP contribution is -2.24. The van der Waals surface area contributed by atoms with E-state index < -0.39 is 0 Å². The molecule has 20 heavy (non-hydrogen) atoms. The van der Waals surface area contributed by atoms with E-state index in [4.69, 9.17) is 23.8 Å². The molecule has 0 saturated heterocycles. The van der Waals surface area contributed by atoms with Crippen LogP contribution in [-0.4, -0.2) is 10.8 Å². The van der Waals surface area contributed by atoms with Crippen molar-refractivity contribution in [2.45, 2.75) is 6.92 Å². The third-order valence-electron chi connectivity index (χ3n) is 2.62. The molecular weight excluding hydrogens is 290 g/mol. The maximum absolute atomic E-state index is 5.82. The van der Waals surface area contributed by atoms with Gasteiger partial charge in [-0.3, -0.25) is 5.43 Å². The van der Waals surface area contributed by atoms with Crippen molar-refractivity contribution in [1.29, 1.82) is 0 Å². The van der Waals surface area contributed by atoms with Crippen LogP contribution in [0.15, 0.2) is 59.7 Å². The molecule has 0 amide bonds. The van der Waals surface area contributed by atoms with Crippen LogP contribution in [0.3, 0.4) is 0 Å². The quantitative estimate of drug-likeness (QED) is 0.510. The molecule has 102 valence electrons. The predicted molar refractivity (Wildman–Crippen MR) is 89.5 cm³/mol. The molecule has 2 rings (SSSR count). The van der Waals surface area contributed by atoms with Crippen molar-refractivity contribution in [1.82, 2.24) is 5.43 Å². The van der Waals surface area contributed by atoms with Gasteiger partial charge in [-0.15, -0.1) is 0 Å². The van der Waals surface area contributed by atoms with Crippen LogP contribution < -0.4 is 10.7 Å². The number of halogens is 1. The minimum Gasteiger partial charge on any atom is -0.331 e. The number of benzene rings is 2. The van der Waals surface area contributed by atoms with Gasteiger partial charge >= 0.3 is 0 Å². The minimum absolute atomic E-state index is 0.433. The first-order valence-electron chi connectivity index (χ1n) is 6.07. The van der Waals surface area contributed by atoms with Crippen molar-refractivity contribution in [3.8, 4) is 0 Å². The molecular formula is C15H14ClN3S. The largest absolute Gasteiger partial charge is 0.331 e. The van der Waals surface area contributed by atoms with Crippen molar-refractivity contribution >= 4 is 40.3 Å². The van der Waals surface area contributed by atoms with Gasteiger partial charge in [0.15, 0.2) is 5.11 Å². The van der Waals surface area contributed by atoms with E-state index in [9.17, 15) is 0 Å². The first kappa shape index (κ1) is 14.5. The van der Waals surface area contributed by atoms with E-state index in [2.05, 4.69) is 15.8 Å². The van der Waals surface area contributed by atoms with Crippen LogP contribution in [0.2, 0.25) is 5.02 Å². The molecule has 0 aromatic heterocycles. The Morgan fingerprint density at radius 3 is 2.35 bits per heavy atom. The summed E-state index contributed by atoms with van der Waals surface area (Å²) in [6, 6.07) is 17.2. The second-order valence-corrected chi connectivity index (χ2v) is 4.98. The summed E-state index contributed by atoms with van der Waals surface area (Å²) in [5.74, 6) is 0. The van der Waals surface area contributed by atoms with E-state index in [1.807, 2.05) is 49.4 Å². The number of nitrogens with zero attached hydrogens (tertiary/aromatic N) is 1. The van der Waals surface area contributed by atoms with Gasteiger partial charge < -0.3 is 5.32 Å². The third kappa shape index (κ3) is 4.33. The summed E-state index contributed by atoms with van der Waals surface area (Å²) in [5, 5.41) is 8.40. The fourth-order valence-corrected chi connectivity index (χ4v) is 1.86. The summed E-state index contributed by atoms with van der Waals surface area (Å²) in [7, 11) is 0. The molecule has 0 unspecified atom stereocenters. The van der Waals surface area contributed by atoms with Crippen molar-refractivity contribution in [2.75, 3.05) is 5.32 Å². The number of rotatable bonds is 3. The normalized spacial score (nSPS) is 11.0. The van der Waals surface area contributed by atoms with E-state index in [1.54, 1.807) is 12.1 Å². The summed E-state index contributed by atoms with van der Waals surface area (Å²) in [6.07, 6.45) is 0. The zero-order valence-corrected chi connectivity index (χ0v) is 12.5. The molecule has 2 N–H and O–H groups in total. The van der Waals surface area contributed by atoms with E-state index in [0.29, 0.717) is 10.1 Å². The highest BCUT2D eigenvalue weighted by Gasteiger charge is 1.98. The number of hydrogen-bond donors (Lipinski definition) is 2. The maximum atomic E-state index is 5.82. The van der Waals surface area contributed by atoms with Crippen molar-refractivity contribution in [2.24, 2.45) is 5.10 Å². The highest BCUT2D eigenvalue weighted by atomic mass is 35.5. The lowest BCUT2D eigenvalue weighted by molar-refractivity contribution is 1.04. The Labute approximate surface area is 128 Å². The third-order valence-corrected chi connectivity index (χ3v) is 3.06. The number of anilines is 1. The summed E-state index contributed by atoms with van der Waals surface area (Å²) in [6.45, 7) is 1.92. The van der Waals surface area contributed by atoms with Gasteiger partial charge in [0.2, 0.25) is 0 Å². The van der Waals surface area contributed by atoms with Crippen LogP contribution in [0, 0.1) is 0 Å². The van der Waals surface area contributed by atoms with Crippen LogP contribution in [0.25, 0.3) is 0 Å². The molecule has 0 aliphatic carbocycles. The average molecular weight is 304 g/mol. The van der Waals surface area contributed by atoms with E-state index in [-0.39, 0.29) is 0 Å². The Balaban J connectivity index is 1.93. The second kappa shape index (κ2) is 7.03. The minimum atomic E-state index is 0.433. The zero-order valence-electron chi connectivity index (χ0n) is 10.9. The molecule has 0 atom stereocenters. The Morgan fingerprint density at radius 2 is 1.70 bits per heavy atom. The molecule has 0 fully saturated rings. The lowest BCUT2D eigenvalue weighted by atomic mass is 10.1. The summed E-state index contributed by atoms with van der Waals surface area (Å²) >= 11 is 11.0. The Kier molecular flexibility index (Phi) is 5.09. The Morgan fingerprint density at radius 1 is 1.05 bits per heavy atom. The SMILES string of the molecule is C/C(=N\NC(=S)Nc1ccc(Cl)cc1)c1ccccc1. The number of nitrogens with one attached hydrogen (secondary N) is 2. The van der Waals surface area contributed by atoms with Crippen LogP contribution in [0.1, 0.15) is 12.5 Å². The maximum Gasteiger partial charge on any atom is 0.191 e. The molecule has 3 nitrogen and oxygen atoms in total. The van der Waals surface area contributed by atoms with Gasteiger partial charge in [-0.25, -0.2) is 0 Å². The first-order chi connectivity index (χ1) is 9.65. The highest BCUT2D eigenvalue weighted by Crippen LogP contribution is 2.13. The molecule has 0 aliphatic rings. The average Bonchev–Trinajstić information content (AvgIpc) is 2.48. The molecule has 0 spiro atoms. The molecule has 5 heteroatoms. The van der Waals surface area contributed by atoms with Gasteiger partial charge in [-0.1, -0.05) is 41.9 Å². The number of hydrogen-bond acceptors (Lipinski definition) is 2. The van der Waals surface area contributed by atoms with Crippen molar-refractivity contribution < 1.29 is 0 Å². The van der Waals surface area contributed by atoms with Crippen LogP contribution >= 0.6 is 23.8 Å². The lowest BCUT2D eigenvalue weighted by Gasteiger charge is -2.08. The predicted octanol–water partition coefficient (Wildman–Crippen LogP) is 4.05. The molecule has 2 aromatic rings. The van der Waals surface area contributed by atoms with Gasteiger partial charge in [0.25, 0.3) is 0 Å². The summed E-state index contributed by atoms with van der Waals surface area (Å²) < 4.78 is 0. The fraction of sp³-hybridized carbons (Fsp3) is 0.0667. The van der Waals surface area contributed by atoms with Gasteiger partial charge in [-0.2, -0.15) is 5.10 Å². The van der Waals surface area contributed by atoms with Gasteiger partial charge in [0.05, 0.1) is 5.71 Å². The fourth-order valence-electron chi connectivity index (χ4n) is 1.57. The Hall–Kier alpha value is -1.91. The summed E-state index contributed by atoms with van der Waals surface area (Å²) in [4.78, 5) is 0. The Bertz CT molecular complexity index is 609. The first-order valence-corrected chi connectivity index (χ1v) is 6.86. The smallest absolute Gasteiger partial charge is 0.191 e. The van der Waals surface area contributed by atoms with E-state index >= 15 is 0 Å². The molecule has 2 aromatic carbocycles. The standard InChI is InChI=1S/C15H14ClN3S/c1-11(12-5-3-2-4-6-12)18-19-15(20)17-14-9-7-13(16)8-10-14/h2-10H,1H3,(H2,17,19,20)/b18-11+. The van der Waals surface area contributed by atoms with E-state index in [1.165, 1.54) is 0 Å². The topological polar surface area (TPSA) is 36.4 Å². The van der Waals surface area contributed by atoms with Crippen LogP contribution in [-0.2, 0) is 0 Å². The molecule has 0 saturated carbocycles. The monoisotopic (exact) mass is 303 g/mol. The van der Waals surface area contributed by atoms with Crippen LogP contribution in [0.4, 0.5) is 5.69 Å². The highest BCUT2D eigenvalue weighted by molar-refractivity contribution is 7.80. The molecule has 0 bridgehead atoms. The van der Waals surface area contributed by atoms with Crippen LogP contribution in [0.5, 0.6) is 0 Å². The van der Waals surface area contributed by atoms with Crippen molar-refractivity contribution in [3.63, 3.8) is 0 Å². The van der Waals surface area contributed by atoms with E-state index in [0.717, 1.165) is 17.0 Å². The number of thiocarbonyl (C=S) groups is 1. The number of hydrazone groups is 1. The van der Waals surface area contributed by atoms with Gasteiger partial charge in [0, 0.05) is 10.7 Å².